The van der Waals surface area contributed by atoms with Gasteiger partial charge in [0.05, 0.1) is 10.5 Å². The van der Waals surface area contributed by atoms with Crippen LogP contribution in [-0.4, -0.2) is 15.8 Å². The summed E-state index contributed by atoms with van der Waals surface area (Å²) < 4.78 is 14.2. The van der Waals surface area contributed by atoms with Crippen molar-refractivity contribution in [2.24, 2.45) is 0 Å². The molecule has 2 aromatic rings. The number of nitro groups is 1. The summed E-state index contributed by atoms with van der Waals surface area (Å²) in [6, 6.07) is 4.64. The Morgan fingerprint density at radius 1 is 1.48 bits per heavy atom. The Morgan fingerprint density at radius 3 is 2.86 bits per heavy atom. The molecule has 0 radical (unpaired) electrons. The van der Waals surface area contributed by atoms with Crippen LogP contribution in [0, 0.1) is 15.9 Å². The van der Waals surface area contributed by atoms with Gasteiger partial charge in [-0.3, -0.25) is 14.9 Å². The van der Waals surface area contributed by atoms with Crippen molar-refractivity contribution in [3.05, 3.63) is 61.6 Å². The predicted molar refractivity (Wildman–Crippen MR) is 78.0 cm³/mol. The Hall–Kier alpha value is -2.06. The van der Waals surface area contributed by atoms with E-state index in [-0.39, 0.29) is 10.7 Å². The standard InChI is InChI=1S/C12H6BrClFN3O3/c13-6-4-7(11(14)16-5-6)12(19)17-10-8(15)2-1-3-9(10)18(20)21/h1-5H,(H,17,19). The van der Waals surface area contributed by atoms with E-state index >= 15 is 0 Å². The van der Waals surface area contributed by atoms with Gasteiger partial charge in [0.1, 0.15) is 5.15 Å². The number of para-hydroxylation sites is 1. The molecule has 9 heteroatoms. The molecule has 0 spiro atoms. The predicted octanol–water partition coefficient (Wildman–Crippen LogP) is 3.80. The summed E-state index contributed by atoms with van der Waals surface area (Å²) >= 11 is 8.90. The van der Waals surface area contributed by atoms with Crippen LogP contribution in [-0.2, 0) is 0 Å². The molecule has 1 aromatic carbocycles. The first-order chi connectivity index (χ1) is 9.90. The molecule has 0 bridgehead atoms. The maximum absolute atomic E-state index is 13.7. The number of hydrogen-bond donors (Lipinski definition) is 1. The number of aromatic nitrogens is 1. The minimum Gasteiger partial charge on any atom is -0.314 e. The first-order valence-corrected chi connectivity index (χ1v) is 6.62. The van der Waals surface area contributed by atoms with Crippen molar-refractivity contribution in [1.82, 2.24) is 4.98 Å². The highest BCUT2D eigenvalue weighted by Crippen LogP contribution is 2.28. The lowest BCUT2D eigenvalue weighted by molar-refractivity contribution is -0.384. The molecule has 0 fully saturated rings. The first-order valence-electron chi connectivity index (χ1n) is 5.45. The number of nitro benzene ring substituents is 1. The van der Waals surface area contributed by atoms with Crippen molar-refractivity contribution in [3.8, 4) is 0 Å². The largest absolute Gasteiger partial charge is 0.314 e. The number of hydrogen-bond acceptors (Lipinski definition) is 4. The van der Waals surface area contributed by atoms with Crippen molar-refractivity contribution < 1.29 is 14.1 Å². The molecule has 1 heterocycles. The Bertz CT molecular complexity index is 742. The van der Waals surface area contributed by atoms with Crippen LogP contribution >= 0.6 is 27.5 Å². The summed E-state index contributed by atoms with van der Waals surface area (Å²) in [4.78, 5) is 25.9. The molecule has 0 aliphatic heterocycles. The Morgan fingerprint density at radius 2 is 2.19 bits per heavy atom. The molecule has 0 unspecified atom stereocenters. The number of nitrogens with one attached hydrogen (secondary N) is 1. The highest BCUT2D eigenvalue weighted by Gasteiger charge is 2.22. The third kappa shape index (κ3) is 3.34. The summed E-state index contributed by atoms with van der Waals surface area (Å²) in [7, 11) is 0. The van der Waals surface area contributed by atoms with E-state index < -0.39 is 28.0 Å². The zero-order valence-corrected chi connectivity index (χ0v) is 12.5. The SMILES string of the molecule is O=C(Nc1c(F)cccc1[N+](=O)[O-])c1cc(Br)cnc1Cl. The van der Waals surface area contributed by atoms with Gasteiger partial charge in [0.15, 0.2) is 11.5 Å². The van der Waals surface area contributed by atoms with Crippen molar-refractivity contribution in [1.29, 1.82) is 0 Å². The number of halogens is 3. The molecular weight excluding hydrogens is 369 g/mol. The monoisotopic (exact) mass is 373 g/mol. The average Bonchev–Trinajstić information content (AvgIpc) is 2.43. The fraction of sp³-hybridized carbons (Fsp3) is 0. The molecule has 0 saturated heterocycles. The maximum atomic E-state index is 13.7. The van der Waals surface area contributed by atoms with Crippen molar-refractivity contribution in [2.75, 3.05) is 5.32 Å². The molecule has 21 heavy (non-hydrogen) atoms. The number of benzene rings is 1. The maximum Gasteiger partial charge on any atom is 0.295 e. The van der Waals surface area contributed by atoms with Gasteiger partial charge in [0.25, 0.3) is 11.6 Å². The van der Waals surface area contributed by atoms with E-state index in [0.717, 1.165) is 12.1 Å². The molecule has 1 aromatic heterocycles. The smallest absolute Gasteiger partial charge is 0.295 e. The zero-order chi connectivity index (χ0) is 15.6. The van der Waals surface area contributed by atoms with Gasteiger partial charge in [-0.05, 0) is 28.1 Å². The van der Waals surface area contributed by atoms with Gasteiger partial charge in [0.2, 0.25) is 0 Å². The van der Waals surface area contributed by atoms with E-state index in [2.05, 4.69) is 26.2 Å². The quantitative estimate of drug-likeness (QED) is 0.503. The molecular formula is C12H6BrClFN3O3. The number of rotatable bonds is 3. The third-order valence-electron chi connectivity index (χ3n) is 2.48. The number of nitrogens with zero attached hydrogens (tertiary/aromatic N) is 2. The van der Waals surface area contributed by atoms with Gasteiger partial charge in [-0.15, -0.1) is 0 Å². The number of anilines is 1. The van der Waals surface area contributed by atoms with Crippen LogP contribution in [0.5, 0.6) is 0 Å². The van der Waals surface area contributed by atoms with Crippen LogP contribution in [0.3, 0.4) is 0 Å². The van der Waals surface area contributed by atoms with E-state index in [4.69, 9.17) is 11.6 Å². The third-order valence-corrected chi connectivity index (χ3v) is 3.21. The molecule has 0 aliphatic rings. The lowest BCUT2D eigenvalue weighted by Gasteiger charge is -2.08. The number of carbonyl (C=O) groups excluding carboxylic acids is 1. The fourth-order valence-electron chi connectivity index (χ4n) is 1.55. The lowest BCUT2D eigenvalue weighted by Crippen LogP contribution is -2.15. The van der Waals surface area contributed by atoms with E-state index in [1.54, 1.807) is 0 Å². The molecule has 2 rings (SSSR count). The highest BCUT2D eigenvalue weighted by molar-refractivity contribution is 9.10. The van der Waals surface area contributed by atoms with Gasteiger partial charge in [-0.2, -0.15) is 0 Å². The Kier molecular flexibility index (Phi) is 4.49. The zero-order valence-electron chi connectivity index (χ0n) is 10.1. The Labute approximate surface area is 131 Å². The lowest BCUT2D eigenvalue weighted by atomic mass is 10.2. The normalized spacial score (nSPS) is 10.2. The molecule has 0 saturated carbocycles. The van der Waals surface area contributed by atoms with Crippen LogP contribution in [0.4, 0.5) is 15.8 Å². The fourth-order valence-corrected chi connectivity index (χ4v) is 2.07. The van der Waals surface area contributed by atoms with E-state index in [0.29, 0.717) is 4.47 Å². The van der Waals surface area contributed by atoms with E-state index in [1.807, 2.05) is 0 Å². The molecule has 108 valence electrons. The second kappa shape index (κ2) is 6.15. The van der Waals surface area contributed by atoms with E-state index in [1.165, 1.54) is 18.3 Å². The van der Waals surface area contributed by atoms with Gasteiger partial charge in [-0.25, -0.2) is 9.37 Å². The summed E-state index contributed by atoms with van der Waals surface area (Å²) in [6.07, 6.45) is 1.38. The van der Waals surface area contributed by atoms with Crippen molar-refractivity contribution in [2.45, 2.75) is 0 Å². The summed E-state index contributed by atoms with van der Waals surface area (Å²) in [5.41, 5.74) is -1.12. The minimum atomic E-state index is -0.920. The molecule has 0 aliphatic carbocycles. The summed E-state index contributed by atoms with van der Waals surface area (Å²) in [5, 5.41) is 12.9. The number of pyridine rings is 1. The molecule has 0 atom stereocenters. The summed E-state index contributed by atoms with van der Waals surface area (Å²) in [5.74, 6) is -1.72. The van der Waals surface area contributed by atoms with Crippen LogP contribution in [0.1, 0.15) is 10.4 Å². The topological polar surface area (TPSA) is 85.1 Å². The second-order valence-corrected chi connectivity index (χ2v) is 5.11. The molecule has 6 nitrogen and oxygen atoms in total. The van der Waals surface area contributed by atoms with Crippen LogP contribution in [0.25, 0.3) is 0 Å². The molecule has 1 N–H and O–H groups in total. The van der Waals surface area contributed by atoms with Crippen LogP contribution in [0.2, 0.25) is 5.15 Å². The number of carbonyl (C=O) groups is 1. The first kappa shape index (κ1) is 15.3. The van der Waals surface area contributed by atoms with Gasteiger partial charge in [-0.1, -0.05) is 17.7 Å². The van der Waals surface area contributed by atoms with Crippen LogP contribution < -0.4 is 5.32 Å². The highest BCUT2D eigenvalue weighted by atomic mass is 79.9. The average molecular weight is 375 g/mol. The van der Waals surface area contributed by atoms with E-state index in [9.17, 15) is 19.3 Å². The van der Waals surface area contributed by atoms with Crippen molar-refractivity contribution in [3.63, 3.8) is 0 Å². The second-order valence-electron chi connectivity index (χ2n) is 3.84. The van der Waals surface area contributed by atoms with Crippen molar-refractivity contribution >= 4 is 44.8 Å². The summed E-state index contributed by atoms with van der Waals surface area (Å²) in [6.45, 7) is 0. The number of amides is 1. The molecule has 1 amide bonds. The van der Waals surface area contributed by atoms with Gasteiger partial charge >= 0.3 is 0 Å². The van der Waals surface area contributed by atoms with Crippen LogP contribution in [0.15, 0.2) is 34.9 Å². The Balaban J connectivity index is 2.41. The van der Waals surface area contributed by atoms with Gasteiger partial charge < -0.3 is 5.32 Å². The minimum absolute atomic E-state index is 0.0383. The van der Waals surface area contributed by atoms with Gasteiger partial charge in [0, 0.05) is 16.7 Å².